The normalized spacial score (nSPS) is 22.6. The van der Waals surface area contributed by atoms with E-state index in [9.17, 15) is 23.6 Å². The molecule has 2 N–H and O–H groups in total. The molecule has 0 spiro atoms. The number of phosphoric ester groups is 1. The summed E-state index contributed by atoms with van der Waals surface area (Å²) in [4.78, 5) is 35.4. The summed E-state index contributed by atoms with van der Waals surface area (Å²) in [7, 11) is -3.34. The van der Waals surface area contributed by atoms with E-state index in [1.807, 2.05) is 0 Å². The van der Waals surface area contributed by atoms with Gasteiger partial charge in [0.2, 0.25) is 0 Å². The van der Waals surface area contributed by atoms with E-state index >= 15 is 0 Å². The van der Waals surface area contributed by atoms with Crippen LogP contribution in [0.15, 0.2) is 33.2 Å². The van der Waals surface area contributed by atoms with Crippen LogP contribution in [0.1, 0.15) is 6.23 Å². The van der Waals surface area contributed by atoms with Crippen LogP contribution in [0, 0.1) is 0 Å². The Hall–Kier alpha value is -1.44. The maximum atomic E-state index is 12.5. The first kappa shape index (κ1) is 26.8. The van der Waals surface area contributed by atoms with Crippen LogP contribution in [0.25, 0.3) is 0 Å². The van der Waals surface area contributed by atoms with Crippen molar-refractivity contribution in [2.75, 3.05) is 48.3 Å². The predicted molar refractivity (Wildman–Crippen MR) is 109 cm³/mol. The Labute approximate surface area is 183 Å². The molecule has 0 saturated heterocycles. The van der Waals surface area contributed by atoms with Gasteiger partial charge < -0.3 is 28.2 Å². The molecular weight excluding hydrogens is 474 g/mol. The number of aromatic nitrogens is 2. The lowest BCUT2D eigenvalue weighted by Gasteiger charge is -2.20. The lowest BCUT2D eigenvalue weighted by Crippen LogP contribution is -2.35. The third-order valence-electron chi connectivity index (χ3n) is 4.27. The molecule has 1 aromatic heterocycles. The first-order valence-electron chi connectivity index (χ1n) is 9.14. The number of aromatic amines is 1. The van der Waals surface area contributed by atoms with Crippen molar-refractivity contribution in [1.82, 2.24) is 9.55 Å². The number of hydrogen-bond acceptors (Lipinski definition) is 11. The number of nitrogens with one attached hydrogen (secondary N) is 1. The largest absolute Gasteiger partial charge is 0.472 e. The van der Waals surface area contributed by atoms with Crippen molar-refractivity contribution in [3.8, 4) is 0 Å². The first-order chi connectivity index (χ1) is 15.1. The third kappa shape index (κ3) is 7.29. The highest BCUT2D eigenvalue weighted by Gasteiger charge is 2.53. The molecule has 16 heteroatoms. The Balaban J connectivity index is 2.33. The van der Waals surface area contributed by atoms with Gasteiger partial charge >= 0.3 is 21.1 Å². The van der Waals surface area contributed by atoms with Gasteiger partial charge in [0.1, 0.15) is 12.2 Å². The molecule has 1 aromatic rings. The SMILES string of the molecule is COCCOC[C@@H](O[C@@H]1/C(=C\P(=O)(OC)OC)C1OP(=O)(O)OC)n1ccc(=O)[nH]c1=O. The topological polar surface area (TPSA) is 174 Å². The van der Waals surface area contributed by atoms with Crippen molar-refractivity contribution in [1.29, 1.82) is 0 Å². The summed E-state index contributed by atoms with van der Waals surface area (Å²) in [6, 6.07) is 1.11. The van der Waals surface area contributed by atoms with Crippen LogP contribution in [0.3, 0.4) is 0 Å². The lowest BCUT2D eigenvalue weighted by molar-refractivity contribution is -0.0801. The van der Waals surface area contributed by atoms with Gasteiger partial charge in [0.25, 0.3) is 5.56 Å². The zero-order chi connectivity index (χ0) is 23.9. The summed E-state index contributed by atoms with van der Waals surface area (Å²) in [6.07, 6.45) is -2.07. The van der Waals surface area contributed by atoms with Crippen LogP contribution in [-0.2, 0) is 41.4 Å². The van der Waals surface area contributed by atoms with Crippen molar-refractivity contribution in [2.24, 2.45) is 0 Å². The molecule has 2 unspecified atom stereocenters. The van der Waals surface area contributed by atoms with Gasteiger partial charge in [0, 0.05) is 52.1 Å². The maximum Gasteiger partial charge on any atom is 0.472 e. The molecule has 0 bridgehead atoms. The number of hydrogen-bond donors (Lipinski definition) is 2. The standard InChI is InChI=1S/C16H26N2O12P2/c1-24-7-8-28-9-13(18-6-5-12(19)17-16(18)20)29-14-11(10-31(21,25-2)26-3)15(14)30-32(22,23)27-4/h5-6,10,13-15H,7-9H2,1-4H3,(H,22,23)(H,17,19,20)/b11-10+/t13-,14-,15?/m1/s1. The van der Waals surface area contributed by atoms with Crippen LogP contribution in [0.4, 0.5) is 0 Å². The summed E-state index contributed by atoms with van der Waals surface area (Å²) in [5.74, 6) is 1.09. The molecule has 0 aliphatic heterocycles. The number of ether oxygens (including phenoxy) is 3. The minimum Gasteiger partial charge on any atom is -0.382 e. The molecule has 0 amide bonds. The van der Waals surface area contributed by atoms with Gasteiger partial charge in [0.15, 0.2) is 6.23 Å². The number of methoxy groups -OCH3 is 1. The van der Waals surface area contributed by atoms with Gasteiger partial charge in [-0.1, -0.05) is 0 Å². The van der Waals surface area contributed by atoms with Crippen molar-refractivity contribution >= 4 is 15.4 Å². The minimum atomic E-state index is -4.44. The molecule has 182 valence electrons. The highest BCUT2D eigenvalue weighted by Crippen LogP contribution is 2.57. The third-order valence-corrected chi connectivity index (χ3v) is 6.86. The molecule has 2 rings (SSSR count). The second-order valence-electron chi connectivity index (χ2n) is 6.31. The van der Waals surface area contributed by atoms with E-state index in [0.717, 1.165) is 37.8 Å². The number of H-pyrrole nitrogens is 1. The Morgan fingerprint density at radius 3 is 2.38 bits per heavy atom. The van der Waals surface area contributed by atoms with E-state index in [2.05, 4.69) is 9.51 Å². The van der Waals surface area contributed by atoms with Crippen molar-refractivity contribution in [2.45, 2.75) is 18.4 Å². The van der Waals surface area contributed by atoms with Gasteiger partial charge in [0.05, 0.1) is 19.8 Å². The smallest absolute Gasteiger partial charge is 0.382 e. The average Bonchev–Trinajstić information content (AvgIpc) is 3.38. The van der Waals surface area contributed by atoms with E-state index in [4.69, 9.17) is 27.8 Å². The summed E-state index contributed by atoms with van der Waals surface area (Å²) in [5.41, 5.74) is -1.21. The van der Waals surface area contributed by atoms with Crippen LogP contribution < -0.4 is 11.2 Å². The summed E-state index contributed by atoms with van der Waals surface area (Å²) in [5, 5.41) is 0. The fourth-order valence-electron chi connectivity index (χ4n) is 2.53. The number of rotatable bonds is 14. The Kier molecular flexibility index (Phi) is 9.73. The molecule has 1 saturated carbocycles. The molecule has 0 aromatic carbocycles. The molecule has 4 atom stereocenters. The van der Waals surface area contributed by atoms with Crippen LogP contribution in [0.2, 0.25) is 0 Å². The molecule has 0 radical (unpaired) electrons. The molecule has 1 aliphatic rings. The Morgan fingerprint density at radius 1 is 1.12 bits per heavy atom. The van der Waals surface area contributed by atoms with Gasteiger partial charge in [-0.05, 0) is 0 Å². The van der Waals surface area contributed by atoms with Crippen LogP contribution in [-0.4, -0.2) is 74.9 Å². The zero-order valence-electron chi connectivity index (χ0n) is 17.9. The maximum absolute atomic E-state index is 12.5. The minimum absolute atomic E-state index is 0.154. The van der Waals surface area contributed by atoms with Crippen LogP contribution >= 0.6 is 15.4 Å². The predicted octanol–water partition coefficient (Wildman–Crippen LogP) is 0.599. The van der Waals surface area contributed by atoms with Crippen LogP contribution in [0.5, 0.6) is 0 Å². The molecule has 14 nitrogen and oxygen atoms in total. The van der Waals surface area contributed by atoms with E-state index in [1.54, 1.807) is 0 Å². The summed E-state index contributed by atoms with van der Waals surface area (Å²) >= 11 is 0. The molecule has 1 fully saturated rings. The molecule has 1 aliphatic carbocycles. The Bertz CT molecular complexity index is 997. The average molecular weight is 500 g/mol. The monoisotopic (exact) mass is 500 g/mol. The fraction of sp³-hybridized carbons (Fsp3) is 0.625. The van der Waals surface area contributed by atoms with Crippen molar-refractivity contribution in [3.63, 3.8) is 0 Å². The van der Waals surface area contributed by atoms with Gasteiger partial charge in [-0.15, -0.1) is 0 Å². The van der Waals surface area contributed by atoms with Gasteiger partial charge in [-0.2, -0.15) is 0 Å². The van der Waals surface area contributed by atoms with E-state index in [-0.39, 0.29) is 25.4 Å². The summed E-state index contributed by atoms with van der Waals surface area (Å²) in [6.45, 7) is 0.304. The highest BCUT2D eigenvalue weighted by molar-refractivity contribution is 7.57. The first-order valence-corrected chi connectivity index (χ1v) is 12.2. The van der Waals surface area contributed by atoms with Crippen molar-refractivity contribution < 1.29 is 46.3 Å². The molecule has 1 heterocycles. The number of nitrogens with zero attached hydrogens (tertiary/aromatic N) is 1. The molecule has 32 heavy (non-hydrogen) atoms. The van der Waals surface area contributed by atoms with Gasteiger partial charge in [-0.3, -0.25) is 28.0 Å². The quantitative estimate of drug-likeness (QED) is 0.269. The fourth-order valence-corrected chi connectivity index (χ4v) is 4.15. The van der Waals surface area contributed by atoms with Crippen molar-refractivity contribution in [3.05, 3.63) is 44.5 Å². The number of phosphoric acid groups is 1. The van der Waals surface area contributed by atoms with E-state index < -0.39 is 45.1 Å². The lowest BCUT2D eigenvalue weighted by atomic mass is 10.5. The zero-order valence-corrected chi connectivity index (χ0v) is 19.7. The second-order valence-corrected chi connectivity index (χ2v) is 9.89. The van der Waals surface area contributed by atoms with E-state index in [1.165, 1.54) is 13.3 Å². The highest BCUT2D eigenvalue weighted by atomic mass is 31.2. The van der Waals surface area contributed by atoms with Gasteiger partial charge in [-0.25, -0.2) is 9.36 Å². The summed E-state index contributed by atoms with van der Waals surface area (Å²) < 4.78 is 60.8. The molecular formula is C16H26N2O12P2. The Morgan fingerprint density at radius 2 is 1.81 bits per heavy atom. The van der Waals surface area contributed by atoms with E-state index in [0.29, 0.717) is 0 Å². The second kappa shape index (κ2) is 11.6.